The number of nitrogens with one attached hydrogen (secondary N) is 1. The SMILES string of the molecule is CC(C)CC(NC(=O)c1ccc(Br)c(F)c1)C(=O)N(C)C. The number of carbonyl (C=O) groups excluding carboxylic acids is 2. The predicted octanol–water partition coefficient (Wildman–Crippen LogP) is 2.82. The van der Waals surface area contributed by atoms with Gasteiger partial charge in [0.15, 0.2) is 0 Å². The van der Waals surface area contributed by atoms with Crippen molar-refractivity contribution in [3.05, 3.63) is 34.1 Å². The summed E-state index contributed by atoms with van der Waals surface area (Å²) in [5, 5.41) is 2.68. The fraction of sp³-hybridized carbons (Fsp3) is 0.467. The second-order valence-electron chi connectivity index (χ2n) is 5.52. The summed E-state index contributed by atoms with van der Waals surface area (Å²) in [7, 11) is 3.28. The lowest BCUT2D eigenvalue weighted by atomic mass is 10.0. The van der Waals surface area contributed by atoms with Gasteiger partial charge in [-0.3, -0.25) is 9.59 Å². The molecule has 0 spiro atoms. The minimum atomic E-state index is -0.612. The molecule has 0 saturated heterocycles. The van der Waals surface area contributed by atoms with Crippen molar-refractivity contribution in [1.82, 2.24) is 10.2 Å². The lowest BCUT2D eigenvalue weighted by Gasteiger charge is -2.23. The molecule has 0 heterocycles. The van der Waals surface area contributed by atoms with Crippen molar-refractivity contribution in [2.45, 2.75) is 26.3 Å². The van der Waals surface area contributed by atoms with Crippen LogP contribution in [-0.2, 0) is 4.79 Å². The van der Waals surface area contributed by atoms with E-state index in [-0.39, 0.29) is 17.4 Å². The molecule has 1 rings (SSSR count). The van der Waals surface area contributed by atoms with Crippen LogP contribution < -0.4 is 5.32 Å². The van der Waals surface area contributed by atoms with Gasteiger partial charge in [-0.15, -0.1) is 0 Å². The zero-order chi connectivity index (χ0) is 16.2. The number of benzene rings is 1. The molecule has 0 aromatic heterocycles. The summed E-state index contributed by atoms with van der Waals surface area (Å²) in [5.74, 6) is -0.889. The predicted molar refractivity (Wildman–Crippen MR) is 83.5 cm³/mol. The highest BCUT2D eigenvalue weighted by molar-refractivity contribution is 9.10. The molecule has 0 aliphatic heterocycles. The van der Waals surface area contributed by atoms with Crippen molar-refractivity contribution in [2.75, 3.05) is 14.1 Å². The Morgan fingerprint density at radius 2 is 1.95 bits per heavy atom. The Hall–Kier alpha value is -1.43. The standard InChI is InChI=1S/C15H20BrFN2O2/c1-9(2)7-13(15(21)19(3)4)18-14(20)10-5-6-11(16)12(17)8-10/h5-6,8-9,13H,7H2,1-4H3,(H,18,20). The zero-order valence-corrected chi connectivity index (χ0v) is 14.2. The van der Waals surface area contributed by atoms with Crippen molar-refractivity contribution < 1.29 is 14.0 Å². The Kier molecular flexibility index (Phi) is 6.33. The highest BCUT2D eigenvalue weighted by atomic mass is 79.9. The summed E-state index contributed by atoms with van der Waals surface area (Å²) >= 11 is 3.04. The summed E-state index contributed by atoms with van der Waals surface area (Å²) in [5.41, 5.74) is 0.191. The molecule has 0 bridgehead atoms. The van der Waals surface area contributed by atoms with Gasteiger partial charge in [0.1, 0.15) is 11.9 Å². The van der Waals surface area contributed by atoms with Crippen LogP contribution >= 0.6 is 15.9 Å². The Morgan fingerprint density at radius 3 is 2.43 bits per heavy atom. The van der Waals surface area contributed by atoms with E-state index in [1.807, 2.05) is 13.8 Å². The average molecular weight is 359 g/mol. The molecule has 1 N–H and O–H groups in total. The Morgan fingerprint density at radius 1 is 1.33 bits per heavy atom. The molecule has 1 unspecified atom stereocenters. The largest absolute Gasteiger partial charge is 0.347 e. The minimum absolute atomic E-state index is 0.172. The molecule has 0 radical (unpaired) electrons. The number of nitrogens with zero attached hydrogens (tertiary/aromatic N) is 1. The Bertz CT molecular complexity index is 532. The van der Waals surface area contributed by atoms with Crippen molar-refractivity contribution >= 4 is 27.7 Å². The van der Waals surface area contributed by atoms with E-state index in [2.05, 4.69) is 21.2 Å². The first-order valence-corrected chi connectivity index (χ1v) is 7.48. The topological polar surface area (TPSA) is 49.4 Å². The van der Waals surface area contributed by atoms with Crippen LogP contribution in [0.2, 0.25) is 0 Å². The molecule has 1 atom stereocenters. The third-order valence-corrected chi connectivity index (χ3v) is 3.58. The normalized spacial score (nSPS) is 12.1. The van der Waals surface area contributed by atoms with Gasteiger partial charge in [-0.1, -0.05) is 13.8 Å². The first-order chi connectivity index (χ1) is 9.72. The van der Waals surface area contributed by atoms with Crippen molar-refractivity contribution in [1.29, 1.82) is 0 Å². The van der Waals surface area contributed by atoms with Crippen molar-refractivity contribution in [3.8, 4) is 0 Å². The van der Waals surface area contributed by atoms with Crippen LogP contribution in [0.25, 0.3) is 0 Å². The summed E-state index contributed by atoms with van der Waals surface area (Å²) in [6, 6.07) is 3.51. The van der Waals surface area contributed by atoms with Gasteiger partial charge in [0.05, 0.1) is 4.47 Å². The van der Waals surface area contributed by atoms with Crippen LogP contribution in [0.1, 0.15) is 30.6 Å². The molecule has 0 fully saturated rings. The van der Waals surface area contributed by atoms with E-state index in [1.165, 1.54) is 17.0 Å². The average Bonchev–Trinajstić information content (AvgIpc) is 2.39. The Labute approximate surface area is 132 Å². The second-order valence-corrected chi connectivity index (χ2v) is 6.37. The van der Waals surface area contributed by atoms with Crippen LogP contribution in [0.3, 0.4) is 0 Å². The van der Waals surface area contributed by atoms with Gasteiger partial charge in [-0.2, -0.15) is 0 Å². The molecule has 0 saturated carbocycles. The third-order valence-electron chi connectivity index (χ3n) is 2.93. The van der Waals surface area contributed by atoms with E-state index in [0.29, 0.717) is 10.9 Å². The maximum Gasteiger partial charge on any atom is 0.252 e. The number of carbonyl (C=O) groups is 2. The summed E-state index contributed by atoms with van der Waals surface area (Å²) in [4.78, 5) is 25.7. The zero-order valence-electron chi connectivity index (χ0n) is 12.6. The first-order valence-electron chi connectivity index (χ1n) is 6.69. The number of hydrogen-bond acceptors (Lipinski definition) is 2. The number of amides is 2. The molecule has 0 aliphatic carbocycles. The number of rotatable bonds is 5. The smallest absolute Gasteiger partial charge is 0.252 e. The van der Waals surface area contributed by atoms with Gasteiger partial charge in [-0.05, 0) is 46.5 Å². The monoisotopic (exact) mass is 358 g/mol. The molecular formula is C15H20BrFN2O2. The van der Waals surface area contributed by atoms with Crippen LogP contribution in [0, 0.1) is 11.7 Å². The maximum absolute atomic E-state index is 13.5. The lowest BCUT2D eigenvalue weighted by molar-refractivity contribution is -0.131. The van der Waals surface area contributed by atoms with E-state index < -0.39 is 17.8 Å². The fourth-order valence-corrected chi connectivity index (χ4v) is 2.13. The molecule has 1 aromatic rings. The van der Waals surface area contributed by atoms with Gasteiger partial charge in [-0.25, -0.2) is 4.39 Å². The molecule has 21 heavy (non-hydrogen) atoms. The highest BCUT2D eigenvalue weighted by Crippen LogP contribution is 2.17. The molecule has 6 heteroatoms. The van der Waals surface area contributed by atoms with Crippen LogP contribution in [0.4, 0.5) is 4.39 Å². The molecule has 2 amide bonds. The fourth-order valence-electron chi connectivity index (χ4n) is 1.88. The van der Waals surface area contributed by atoms with E-state index in [1.54, 1.807) is 14.1 Å². The number of hydrogen-bond donors (Lipinski definition) is 1. The molecular weight excluding hydrogens is 339 g/mol. The summed E-state index contributed by atoms with van der Waals surface area (Å²) < 4.78 is 13.8. The van der Waals surface area contributed by atoms with Crippen LogP contribution in [0.5, 0.6) is 0 Å². The minimum Gasteiger partial charge on any atom is -0.347 e. The number of likely N-dealkylation sites (N-methyl/N-ethyl adjacent to an activating group) is 1. The van der Waals surface area contributed by atoms with E-state index in [4.69, 9.17) is 0 Å². The van der Waals surface area contributed by atoms with Gasteiger partial charge >= 0.3 is 0 Å². The van der Waals surface area contributed by atoms with Crippen LogP contribution in [-0.4, -0.2) is 36.9 Å². The molecule has 116 valence electrons. The third kappa shape index (κ3) is 5.12. The lowest BCUT2D eigenvalue weighted by Crippen LogP contribution is -2.46. The Balaban J connectivity index is 2.89. The van der Waals surface area contributed by atoms with E-state index >= 15 is 0 Å². The summed E-state index contributed by atoms with van der Waals surface area (Å²) in [6.45, 7) is 3.95. The van der Waals surface area contributed by atoms with Gasteiger partial charge in [0, 0.05) is 19.7 Å². The maximum atomic E-state index is 13.5. The van der Waals surface area contributed by atoms with Gasteiger partial charge < -0.3 is 10.2 Å². The van der Waals surface area contributed by atoms with Gasteiger partial charge in [0.25, 0.3) is 5.91 Å². The van der Waals surface area contributed by atoms with E-state index in [0.717, 1.165) is 6.07 Å². The summed E-state index contributed by atoms with van der Waals surface area (Å²) in [6.07, 6.45) is 0.530. The first kappa shape index (κ1) is 17.6. The van der Waals surface area contributed by atoms with E-state index in [9.17, 15) is 14.0 Å². The van der Waals surface area contributed by atoms with Gasteiger partial charge in [0.2, 0.25) is 5.91 Å². The van der Waals surface area contributed by atoms with Crippen LogP contribution in [0.15, 0.2) is 22.7 Å². The molecule has 1 aromatic carbocycles. The van der Waals surface area contributed by atoms with Crippen molar-refractivity contribution in [2.24, 2.45) is 5.92 Å². The molecule has 0 aliphatic rings. The molecule has 4 nitrogen and oxygen atoms in total. The highest BCUT2D eigenvalue weighted by Gasteiger charge is 2.24. The second kappa shape index (κ2) is 7.54. The van der Waals surface area contributed by atoms with Crippen molar-refractivity contribution in [3.63, 3.8) is 0 Å². The number of halogens is 2. The quantitative estimate of drug-likeness (QED) is 0.879.